The third kappa shape index (κ3) is 3.49. The van der Waals surface area contributed by atoms with Crippen molar-refractivity contribution in [3.8, 4) is 11.3 Å². The van der Waals surface area contributed by atoms with E-state index >= 15 is 0 Å². The second-order valence-electron chi connectivity index (χ2n) is 6.80. The van der Waals surface area contributed by atoms with Gasteiger partial charge >= 0.3 is 0 Å². The summed E-state index contributed by atoms with van der Waals surface area (Å²) in [6, 6.07) is 23.0. The lowest BCUT2D eigenvalue weighted by Gasteiger charge is -2.14. The SMILES string of the molecule is Cc1cccc(C)c1NC(=O)c1cc(-c2ccc(Cl)cc2)nc2ccccc12. The third-order valence-corrected chi connectivity index (χ3v) is 5.07. The Morgan fingerprint density at radius 2 is 1.57 bits per heavy atom. The van der Waals surface area contributed by atoms with Crippen LogP contribution in [-0.4, -0.2) is 10.9 Å². The molecule has 1 N–H and O–H groups in total. The van der Waals surface area contributed by atoms with Crippen LogP contribution in [0.1, 0.15) is 21.5 Å². The first-order valence-corrected chi connectivity index (χ1v) is 9.44. The summed E-state index contributed by atoms with van der Waals surface area (Å²) in [5, 5.41) is 4.57. The van der Waals surface area contributed by atoms with Crippen molar-refractivity contribution in [1.29, 1.82) is 0 Å². The molecule has 1 aromatic heterocycles. The molecule has 1 amide bonds. The fraction of sp³-hybridized carbons (Fsp3) is 0.0833. The molecule has 4 aromatic rings. The molecule has 3 nitrogen and oxygen atoms in total. The van der Waals surface area contributed by atoms with Crippen LogP contribution in [-0.2, 0) is 0 Å². The fourth-order valence-electron chi connectivity index (χ4n) is 3.32. The third-order valence-electron chi connectivity index (χ3n) is 4.82. The number of para-hydroxylation sites is 2. The number of halogens is 1. The zero-order valence-electron chi connectivity index (χ0n) is 15.7. The van der Waals surface area contributed by atoms with Gasteiger partial charge in [0.25, 0.3) is 5.91 Å². The lowest BCUT2D eigenvalue weighted by molar-refractivity contribution is 0.102. The first-order valence-electron chi connectivity index (χ1n) is 9.06. The second kappa shape index (κ2) is 7.45. The number of nitrogens with one attached hydrogen (secondary N) is 1. The average Bonchev–Trinajstić information content (AvgIpc) is 2.70. The summed E-state index contributed by atoms with van der Waals surface area (Å²) in [7, 11) is 0. The van der Waals surface area contributed by atoms with Crippen molar-refractivity contribution in [1.82, 2.24) is 4.98 Å². The Morgan fingerprint density at radius 3 is 2.29 bits per heavy atom. The Morgan fingerprint density at radius 1 is 0.893 bits per heavy atom. The van der Waals surface area contributed by atoms with Crippen LogP contribution in [0.15, 0.2) is 72.8 Å². The zero-order chi connectivity index (χ0) is 19.7. The number of carbonyl (C=O) groups excluding carboxylic acids is 1. The van der Waals surface area contributed by atoms with Gasteiger partial charge in [-0.25, -0.2) is 4.98 Å². The molecule has 0 bridgehead atoms. The zero-order valence-corrected chi connectivity index (χ0v) is 16.4. The highest BCUT2D eigenvalue weighted by molar-refractivity contribution is 6.30. The van der Waals surface area contributed by atoms with Crippen molar-refractivity contribution in [3.63, 3.8) is 0 Å². The Labute approximate surface area is 169 Å². The van der Waals surface area contributed by atoms with Crippen molar-refractivity contribution >= 4 is 34.1 Å². The standard InChI is InChI=1S/C24H19ClN2O/c1-15-6-5-7-16(2)23(15)27-24(28)20-14-22(17-10-12-18(25)13-11-17)26-21-9-4-3-8-19(20)21/h3-14H,1-2H3,(H,27,28). The number of carbonyl (C=O) groups is 1. The minimum absolute atomic E-state index is 0.147. The molecule has 3 aromatic carbocycles. The lowest BCUT2D eigenvalue weighted by atomic mass is 10.0. The largest absolute Gasteiger partial charge is 0.321 e. The van der Waals surface area contributed by atoms with Crippen molar-refractivity contribution < 1.29 is 4.79 Å². The van der Waals surface area contributed by atoms with E-state index in [0.29, 0.717) is 10.6 Å². The van der Waals surface area contributed by atoms with Crippen LogP contribution in [0.3, 0.4) is 0 Å². The van der Waals surface area contributed by atoms with E-state index in [4.69, 9.17) is 16.6 Å². The Kier molecular flexibility index (Phi) is 4.84. The van der Waals surface area contributed by atoms with E-state index in [1.165, 1.54) is 0 Å². The van der Waals surface area contributed by atoms with Gasteiger partial charge in [-0.05, 0) is 49.2 Å². The number of amides is 1. The van der Waals surface area contributed by atoms with Gasteiger partial charge in [-0.15, -0.1) is 0 Å². The van der Waals surface area contributed by atoms with Gasteiger partial charge < -0.3 is 5.32 Å². The van der Waals surface area contributed by atoms with Crippen molar-refractivity contribution in [2.75, 3.05) is 5.32 Å². The van der Waals surface area contributed by atoms with Gasteiger partial charge in [0.05, 0.1) is 16.8 Å². The van der Waals surface area contributed by atoms with Gasteiger partial charge in [-0.2, -0.15) is 0 Å². The highest BCUT2D eigenvalue weighted by atomic mass is 35.5. The summed E-state index contributed by atoms with van der Waals surface area (Å²) in [4.78, 5) is 17.9. The molecule has 0 atom stereocenters. The number of aryl methyl sites for hydroxylation is 2. The van der Waals surface area contributed by atoms with E-state index in [1.54, 1.807) is 0 Å². The van der Waals surface area contributed by atoms with E-state index in [-0.39, 0.29) is 5.91 Å². The predicted octanol–water partition coefficient (Wildman–Crippen LogP) is 6.42. The molecular weight excluding hydrogens is 368 g/mol. The molecule has 0 saturated heterocycles. The number of hydrogen-bond acceptors (Lipinski definition) is 2. The van der Waals surface area contributed by atoms with Crippen LogP contribution in [0, 0.1) is 13.8 Å². The summed E-state index contributed by atoms with van der Waals surface area (Å²) in [6.07, 6.45) is 0. The maximum atomic E-state index is 13.2. The molecule has 28 heavy (non-hydrogen) atoms. The van der Waals surface area contributed by atoms with E-state index in [0.717, 1.165) is 39.0 Å². The maximum absolute atomic E-state index is 13.2. The van der Waals surface area contributed by atoms with Gasteiger partial charge in [-0.1, -0.05) is 60.1 Å². The molecule has 0 saturated carbocycles. The molecule has 0 spiro atoms. The first-order chi connectivity index (χ1) is 13.5. The Balaban J connectivity index is 1.83. The molecule has 1 heterocycles. The minimum Gasteiger partial charge on any atom is -0.321 e. The molecule has 0 radical (unpaired) electrons. The summed E-state index contributed by atoms with van der Waals surface area (Å²) < 4.78 is 0. The number of aromatic nitrogens is 1. The Hall–Kier alpha value is -3.17. The topological polar surface area (TPSA) is 42.0 Å². The van der Waals surface area contributed by atoms with E-state index in [9.17, 15) is 4.79 Å². The number of fused-ring (bicyclic) bond motifs is 1. The molecule has 0 aliphatic heterocycles. The van der Waals surface area contributed by atoms with Crippen molar-refractivity contribution in [2.45, 2.75) is 13.8 Å². The molecule has 0 unspecified atom stereocenters. The normalized spacial score (nSPS) is 10.8. The fourth-order valence-corrected chi connectivity index (χ4v) is 3.45. The van der Waals surface area contributed by atoms with Gasteiger partial charge in [0.1, 0.15) is 0 Å². The summed E-state index contributed by atoms with van der Waals surface area (Å²) in [6.45, 7) is 3.98. The number of hydrogen-bond donors (Lipinski definition) is 1. The lowest BCUT2D eigenvalue weighted by Crippen LogP contribution is -2.14. The van der Waals surface area contributed by atoms with Crippen LogP contribution >= 0.6 is 11.6 Å². The molecule has 4 rings (SSSR count). The number of anilines is 1. The smallest absolute Gasteiger partial charge is 0.256 e. The van der Waals surface area contributed by atoms with Crippen LogP contribution in [0.25, 0.3) is 22.2 Å². The highest BCUT2D eigenvalue weighted by Crippen LogP contribution is 2.27. The molecule has 138 valence electrons. The van der Waals surface area contributed by atoms with Crippen molar-refractivity contribution in [2.24, 2.45) is 0 Å². The predicted molar refractivity (Wildman–Crippen MR) is 116 cm³/mol. The van der Waals surface area contributed by atoms with Gasteiger partial charge in [0.15, 0.2) is 0 Å². The maximum Gasteiger partial charge on any atom is 0.256 e. The van der Waals surface area contributed by atoms with Crippen LogP contribution in [0.2, 0.25) is 5.02 Å². The van der Waals surface area contributed by atoms with Gasteiger partial charge in [0, 0.05) is 21.7 Å². The molecule has 0 aliphatic carbocycles. The Bertz CT molecular complexity index is 1160. The average molecular weight is 387 g/mol. The number of pyridine rings is 1. The summed E-state index contributed by atoms with van der Waals surface area (Å²) >= 11 is 6.01. The van der Waals surface area contributed by atoms with E-state index in [2.05, 4.69) is 5.32 Å². The molecule has 4 heteroatoms. The van der Waals surface area contributed by atoms with E-state index < -0.39 is 0 Å². The molecular formula is C24H19ClN2O. The monoisotopic (exact) mass is 386 g/mol. The van der Waals surface area contributed by atoms with Crippen LogP contribution in [0.5, 0.6) is 0 Å². The second-order valence-corrected chi connectivity index (χ2v) is 7.24. The van der Waals surface area contributed by atoms with Crippen molar-refractivity contribution in [3.05, 3.63) is 94.5 Å². The van der Waals surface area contributed by atoms with Crippen LogP contribution in [0.4, 0.5) is 5.69 Å². The van der Waals surface area contributed by atoms with Crippen LogP contribution < -0.4 is 5.32 Å². The highest BCUT2D eigenvalue weighted by Gasteiger charge is 2.15. The summed E-state index contributed by atoms with van der Waals surface area (Å²) in [5.41, 5.74) is 5.94. The molecule has 0 aliphatic rings. The van der Waals surface area contributed by atoms with Gasteiger partial charge in [-0.3, -0.25) is 4.79 Å². The minimum atomic E-state index is -0.147. The summed E-state index contributed by atoms with van der Waals surface area (Å²) in [5.74, 6) is -0.147. The molecule has 0 fully saturated rings. The number of rotatable bonds is 3. The first kappa shape index (κ1) is 18.2. The quantitative estimate of drug-likeness (QED) is 0.441. The number of nitrogens with zero attached hydrogens (tertiary/aromatic N) is 1. The number of benzene rings is 3. The van der Waals surface area contributed by atoms with Gasteiger partial charge in [0.2, 0.25) is 0 Å². The van der Waals surface area contributed by atoms with E-state index in [1.807, 2.05) is 86.6 Å².